The Bertz CT molecular complexity index is 468. The molecule has 0 spiro atoms. The first kappa shape index (κ1) is 11.5. The van der Waals surface area contributed by atoms with Gasteiger partial charge in [0.05, 0.1) is 19.5 Å². The Hall–Kier alpha value is -0.975. The third-order valence-electron chi connectivity index (χ3n) is 3.19. The lowest BCUT2D eigenvalue weighted by atomic mass is 9.48. The fourth-order valence-electron chi connectivity index (χ4n) is 2.70. The summed E-state index contributed by atoms with van der Waals surface area (Å²) in [4.78, 5) is 0. The zero-order valence-electron chi connectivity index (χ0n) is 9.13. The minimum Gasteiger partial charge on any atom is -0.333 e. The van der Waals surface area contributed by atoms with Crippen LogP contribution in [0.5, 0.6) is 0 Å². The summed E-state index contributed by atoms with van der Waals surface area (Å²) >= 11 is 5.96. The van der Waals surface area contributed by atoms with E-state index in [2.05, 4.69) is 13.0 Å². The number of rotatable bonds is 1. The maximum absolute atomic E-state index is 9.07. The van der Waals surface area contributed by atoms with E-state index in [4.69, 9.17) is 30.4 Å². The maximum atomic E-state index is 9.07. The van der Waals surface area contributed by atoms with E-state index in [1.54, 1.807) is 12.1 Å². The highest BCUT2D eigenvalue weighted by atomic mass is 35.5. The number of halogens is 1. The topological polar surface area (TPSA) is 49.8 Å². The summed E-state index contributed by atoms with van der Waals surface area (Å²) in [6, 6.07) is 7.50. The lowest BCUT2D eigenvalue weighted by molar-refractivity contribution is 0.192. The van der Waals surface area contributed by atoms with E-state index >= 15 is 0 Å². The van der Waals surface area contributed by atoms with Gasteiger partial charge < -0.3 is 5.73 Å². The summed E-state index contributed by atoms with van der Waals surface area (Å²) in [6.07, 6.45) is 1.35. The molecule has 0 aliphatic heterocycles. The molecule has 1 saturated carbocycles. The van der Waals surface area contributed by atoms with Crippen molar-refractivity contribution in [3.63, 3.8) is 0 Å². The van der Waals surface area contributed by atoms with Gasteiger partial charge in [0.1, 0.15) is 0 Å². The van der Waals surface area contributed by atoms with Gasteiger partial charge in [-0.2, -0.15) is 5.26 Å². The molecule has 0 amide bonds. The fourth-order valence-corrected chi connectivity index (χ4v) is 2.88. The molecule has 0 heterocycles. The Morgan fingerprint density at radius 3 is 2.62 bits per heavy atom. The van der Waals surface area contributed by atoms with Crippen molar-refractivity contribution in [1.82, 2.24) is 0 Å². The van der Waals surface area contributed by atoms with Gasteiger partial charge in [-0.25, -0.2) is 0 Å². The van der Waals surface area contributed by atoms with Crippen LogP contribution in [0.25, 0.3) is 0 Å². The molecule has 1 aliphatic rings. The molecule has 0 saturated heterocycles. The molecular weight excluding hydrogens is 218 g/mol. The van der Waals surface area contributed by atoms with Crippen LogP contribution in [0.1, 0.15) is 30.9 Å². The van der Waals surface area contributed by atoms with E-state index in [0.717, 1.165) is 5.56 Å². The van der Waals surface area contributed by atoms with Gasteiger partial charge in [-0.3, -0.25) is 0 Å². The number of hydrogen-bond acceptors (Lipinski definition) is 2. The predicted molar refractivity (Wildman–Crippen MR) is 65.4 cm³/mol. The van der Waals surface area contributed by atoms with Crippen molar-refractivity contribution in [2.75, 3.05) is 0 Å². The average molecular weight is 231 g/mol. The van der Waals surface area contributed by atoms with E-state index in [-0.39, 0.29) is 5.41 Å². The number of benzene rings is 1. The second kappa shape index (κ2) is 3.51. The van der Waals surface area contributed by atoms with Crippen molar-refractivity contribution in [3.05, 3.63) is 34.3 Å². The first-order valence-electron chi connectivity index (χ1n) is 5.14. The average Bonchev–Trinajstić information content (AvgIpc) is 2.14. The van der Waals surface area contributed by atoms with Crippen LogP contribution in [0, 0.1) is 11.3 Å². The van der Waals surface area contributed by atoms with Gasteiger partial charge in [-0.1, -0.05) is 18.5 Å². The van der Waals surface area contributed by atoms with Gasteiger partial charge in [-0.15, -0.1) is 0 Å². The first-order valence-corrected chi connectivity index (χ1v) is 5.52. The summed E-state index contributed by atoms with van der Waals surface area (Å²) in [6.45, 7) is 2.07. The third kappa shape index (κ3) is 1.84. The molecule has 1 aromatic rings. The van der Waals surface area contributed by atoms with Crippen LogP contribution in [0.2, 0.25) is 5.02 Å². The Morgan fingerprint density at radius 1 is 1.50 bits per heavy atom. The lowest BCUT2D eigenvalue weighted by Gasteiger charge is -2.52. The van der Waals surface area contributed by atoms with Crippen molar-refractivity contribution in [2.45, 2.75) is 30.6 Å². The van der Waals surface area contributed by atoms with Crippen LogP contribution in [-0.2, 0) is 5.41 Å². The molecule has 0 bridgehead atoms. The standard InChI is InChI=1S/C12H12BClN2/c1-11(6-12(13,16)7-11)10-4-9(14)3-2-8(10)5-15/h2-4H,6-7,16H2,1H3. The summed E-state index contributed by atoms with van der Waals surface area (Å²) in [7, 11) is 5.83. The monoisotopic (exact) mass is 230 g/mol. The Balaban J connectivity index is 2.42. The highest BCUT2D eigenvalue weighted by Crippen LogP contribution is 2.48. The van der Waals surface area contributed by atoms with Gasteiger partial charge in [0, 0.05) is 5.02 Å². The van der Waals surface area contributed by atoms with E-state index in [9.17, 15) is 0 Å². The van der Waals surface area contributed by atoms with Gasteiger partial charge >= 0.3 is 0 Å². The highest BCUT2D eigenvalue weighted by Gasteiger charge is 2.47. The summed E-state index contributed by atoms with van der Waals surface area (Å²) < 4.78 is 0. The molecule has 2 rings (SSSR count). The van der Waals surface area contributed by atoms with Crippen molar-refractivity contribution in [1.29, 1.82) is 5.26 Å². The molecule has 2 nitrogen and oxygen atoms in total. The molecule has 0 aromatic heterocycles. The van der Waals surface area contributed by atoms with Crippen molar-refractivity contribution in [3.8, 4) is 6.07 Å². The second-order valence-electron chi connectivity index (χ2n) is 4.95. The van der Waals surface area contributed by atoms with Crippen molar-refractivity contribution >= 4 is 19.4 Å². The molecule has 0 atom stereocenters. The zero-order valence-corrected chi connectivity index (χ0v) is 9.88. The number of nitrogens with two attached hydrogens (primary N) is 1. The van der Waals surface area contributed by atoms with Gasteiger partial charge in [0.15, 0.2) is 0 Å². The van der Waals surface area contributed by atoms with E-state index in [1.807, 2.05) is 6.07 Å². The molecular formula is C12H12BClN2. The van der Waals surface area contributed by atoms with Crippen molar-refractivity contribution in [2.24, 2.45) is 5.73 Å². The quantitative estimate of drug-likeness (QED) is 0.751. The molecule has 1 aromatic carbocycles. The number of nitriles is 1. The van der Waals surface area contributed by atoms with E-state index in [0.29, 0.717) is 23.4 Å². The van der Waals surface area contributed by atoms with Gasteiger partial charge in [0.25, 0.3) is 0 Å². The van der Waals surface area contributed by atoms with Gasteiger partial charge in [-0.05, 0) is 47.5 Å². The van der Waals surface area contributed by atoms with Crippen LogP contribution in [0.4, 0.5) is 0 Å². The molecule has 80 valence electrons. The molecule has 1 fully saturated rings. The van der Waals surface area contributed by atoms with Crippen LogP contribution in [-0.4, -0.2) is 13.3 Å². The maximum Gasteiger partial charge on any atom is 0.0994 e. The molecule has 16 heavy (non-hydrogen) atoms. The highest BCUT2D eigenvalue weighted by molar-refractivity contribution is 6.30. The Kier molecular flexibility index (Phi) is 2.53. The molecule has 1 aliphatic carbocycles. The second-order valence-corrected chi connectivity index (χ2v) is 5.39. The van der Waals surface area contributed by atoms with Crippen molar-refractivity contribution < 1.29 is 0 Å². The molecule has 0 unspecified atom stereocenters. The van der Waals surface area contributed by atoms with Gasteiger partial charge in [0.2, 0.25) is 0 Å². The molecule has 2 radical (unpaired) electrons. The molecule has 2 N–H and O–H groups in total. The zero-order chi connectivity index (χ0) is 12.0. The Morgan fingerprint density at radius 2 is 2.12 bits per heavy atom. The third-order valence-corrected chi connectivity index (χ3v) is 3.43. The SMILES string of the molecule is [B]C1(N)CC(C)(c2cc(Cl)ccc2C#N)C1. The van der Waals surface area contributed by atoms with Crippen LogP contribution in [0.3, 0.4) is 0 Å². The smallest absolute Gasteiger partial charge is 0.0994 e. The molecule has 4 heteroatoms. The lowest BCUT2D eigenvalue weighted by Crippen LogP contribution is -2.59. The summed E-state index contributed by atoms with van der Waals surface area (Å²) in [5.74, 6) is 0. The number of nitrogens with zero attached hydrogens (tertiary/aromatic N) is 1. The largest absolute Gasteiger partial charge is 0.333 e. The Labute approximate surface area is 102 Å². The normalized spacial score (nSPS) is 32.9. The van der Waals surface area contributed by atoms with Crippen LogP contribution >= 0.6 is 11.6 Å². The van der Waals surface area contributed by atoms with E-state index in [1.165, 1.54) is 0 Å². The first-order chi connectivity index (χ1) is 7.36. The predicted octanol–water partition coefficient (Wildman–Crippen LogP) is 2.09. The minimum absolute atomic E-state index is 0.126. The summed E-state index contributed by atoms with van der Waals surface area (Å²) in [5, 5.41) is 9.71. The minimum atomic E-state index is -0.607. The fraction of sp³-hybridized carbons (Fsp3) is 0.417. The summed E-state index contributed by atoms with van der Waals surface area (Å²) in [5.41, 5.74) is 6.70. The van der Waals surface area contributed by atoms with Crippen LogP contribution in [0.15, 0.2) is 18.2 Å². The van der Waals surface area contributed by atoms with Crippen LogP contribution < -0.4 is 5.73 Å². The van der Waals surface area contributed by atoms with E-state index < -0.39 is 5.44 Å². The number of hydrogen-bond donors (Lipinski definition) is 1.